The molecule has 0 fully saturated rings. The Morgan fingerprint density at radius 2 is 2.38 bits per heavy atom. The molecule has 0 radical (unpaired) electrons. The first-order chi connectivity index (χ1) is 6.00. The summed E-state index contributed by atoms with van der Waals surface area (Å²) in [6, 6.07) is -0.848. The van der Waals surface area contributed by atoms with Gasteiger partial charge in [0.05, 0.1) is 6.33 Å². The SMILES string of the molecule is Cn1cnc2c1=S(=O)(O)NC(=O)N=2. The minimum Gasteiger partial charge on any atom is -0.322 e. The van der Waals surface area contributed by atoms with Gasteiger partial charge in [-0.25, -0.2) is 18.7 Å². The molecular weight excluding hydrogens is 196 g/mol. The Hall–Kier alpha value is -1.41. The zero-order chi connectivity index (χ0) is 9.64. The molecule has 2 N–H and O–H groups in total. The Morgan fingerprint density at radius 1 is 1.69 bits per heavy atom. The van der Waals surface area contributed by atoms with Crippen molar-refractivity contribution in [3.8, 4) is 0 Å². The third-order valence-corrected chi connectivity index (χ3v) is 3.01. The fraction of sp³-hybridized carbons (Fsp3) is 0.200. The number of urea groups is 1. The lowest BCUT2D eigenvalue weighted by Crippen LogP contribution is -2.36. The number of carbonyl (C=O) groups is 1. The summed E-state index contributed by atoms with van der Waals surface area (Å²) in [6.07, 6.45) is 1.32. The molecule has 0 aromatic carbocycles. The number of hydrogen-bond donors (Lipinski definition) is 2. The number of imidazole rings is 1. The van der Waals surface area contributed by atoms with E-state index in [9.17, 15) is 13.6 Å². The molecule has 0 aliphatic carbocycles. The third-order valence-electron chi connectivity index (χ3n) is 1.56. The summed E-state index contributed by atoms with van der Waals surface area (Å²) < 4.78 is 24.0. The lowest BCUT2D eigenvalue weighted by Gasteiger charge is -2.05. The van der Waals surface area contributed by atoms with E-state index in [2.05, 4.69) is 9.98 Å². The second-order valence-electron chi connectivity index (χ2n) is 2.53. The molecule has 13 heavy (non-hydrogen) atoms. The first-order valence-electron chi connectivity index (χ1n) is 3.32. The van der Waals surface area contributed by atoms with E-state index in [-0.39, 0.29) is 10.1 Å². The molecule has 0 bridgehead atoms. The first-order valence-corrected chi connectivity index (χ1v) is 4.83. The van der Waals surface area contributed by atoms with Crippen molar-refractivity contribution in [2.24, 2.45) is 12.0 Å². The van der Waals surface area contributed by atoms with Crippen LogP contribution in [0.3, 0.4) is 0 Å². The molecule has 1 aliphatic rings. The highest BCUT2D eigenvalue weighted by Gasteiger charge is 2.17. The van der Waals surface area contributed by atoms with Crippen LogP contribution in [-0.4, -0.2) is 24.3 Å². The van der Waals surface area contributed by atoms with Crippen LogP contribution in [0.15, 0.2) is 11.3 Å². The molecule has 8 heteroatoms. The minimum absolute atomic E-state index is 0.00116. The number of nitrogens with one attached hydrogen (secondary N) is 1. The number of aryl methyl sites for hydroxylation is 1. The molecule has 0 spiro atoms. The van der Waals surface area contributed by atoms with Crippen molar-refractivity contribution in [2.45, 2.75) is 0 Å². The number of amides is 2. The molecule has 1 aliphatic heterocycles. The van der Waals surface area contributed by atoms with E-state index in [4.69, 9.17) is 0 Å². The number of hydrogen-bond acceptors (Lipinski definition) is 3. The number of carbonyl (C=O) groups excluding carboxylic acids is 1. The van der Waals surface area contributed by atoms with Crippen molar-refractivity contribution >= 4 is 16.0 Å². The third kappa shape index (κ3) is 1.11. The second kappa shape index (κ2) is 2.30. The molecule has 0 saturated heterocycles. The van der Waals surface area contributed by atoms with Crippen LogP contribution in [0.1, 0.15) is 0 Å². The summed E-state index contributed by atoms with van der Waals surface area (Å²) in [4.78, 5) is 17.9. The summed E-state index contributed by atoms with van der Waals surface area (Å²) in [6.45, 7) is 0. The Labute approximate surface area is 73.1 Å². The molecule has 70 valence electrons. The van der Waals surface area contributed by atoms with Gasteiger partial charge in [0.15, 0.2) is 20.1 Å². The minimum atomic E-state index is -3.52. The quantitative estimate of drug-likeness (QED) is 0.510. The lowest BCUT2D eigenvalue weighted by molar-refractivity contribution is 0.252. The van der Waals surface area contributed by atoms with Gasteiger partial charge in [0.25, 0.3) is 0 Å². The largest absolute Gasteiger partial charge is 0.356 e. The van der Waals surface area contributed by atoms with Crippen LogP contribution < -0.4 is 10.2 Å². The predicted octanol–water partition coefficient (Wildman–Crippen LogP) is -1.31. The van der Waals surface area contributed by atoms with Gasteiger partial charge in [-0.2, -0.15) is 4.99 Å². The molecule has 0 saturated carbocycles. The van der Waals surface area contributed by atoms with E-state index in [1.807, 2.05) is 4.72 Å². The average molecular weight is 202 g/mol. The second-order valence-corrected chi connectivity index (χ2v) is 4.17. The molecule has 1 aromatic heterocycles. The first kappa shape index (κ1) is 8.20. The van der Waals surface area contributed by atoms with Crippen molar-refractivity contribution in [1.82, 2.24) is 14.3 Å². The van der Waals surface area contributed by atoms with Gasteiger partial charge in [-0.05, 0) is 0 Å². The van der Waals surface area contributed by atoms with Crippen molar-refractivity contribution in [3.63, 3.8) is 0 Å². The fourth-order valence-corrected chi connectivity index (χ4v) is 2.25. The van der Waals surface area contributed by atoms with E-state index < -0.39 is 16.0 Å². The van der Waals surface area contributed by atoms with Crippen molar-refractivity contribution < 1.29 is 13.6 Å². The van der Waals surface area contributed by atoms with Crippen LogP contribution in [0, 0.1) is 4.64 Å². The summed E-state index contributed by atoms with van der Waals surface area (Å²) in [5, 5.41) is 0. The summed E-state index contributed by atoms with van der Waals surface area (Å²) in [7, 11) is -1.97. The average Bonchev–Trinajstić information content (AvgIpc) is 2.29. The number of nitrogens with zero attached hydrogens (tertiary/aromatic N) is 3. The lowest BCUT2D eigenvalue weighted by atomic mass is 10.8. The number of aromatic nitrogens is 2. The van der Waals surface area contributed by atoms with E-state index >= 15 is 0 Å². The highest BCUT2D eigenvalue weighted by atomic mass is 32.2. The van der Waals surface area contributed by atoms with Crippen LogP contribution in [-0.2, 0) is 17.0 Å². The molecule has 2 rings (SSSR count). The normalized spacial score (nSPS) is 26.2. The van der Waals surface area contributed by atoms with Crippen LogP contribution >= 0.6 is 0 Å². The maximum atomic E-state index is 11.4. The Morgan fingerprint density at radius 3 is 3.08 bits per heavy atom. The van der Waals surface area contributed by atoms with E-state index in [0.29, 0.717) is 0 Å². The van der Waals surface area contributed by atoms with E-state index in [1.165, 1.54) is 10.9 Å². The van der Waals surface area contributed by atoms with Crippen molar-refractivity contribution in [3.05, 3.63) is 16.5 Å². The summed E-state index contributed by atoms with van der Waals surface area (Å²) in [5.74, 6) is 0. The van der Waals surface area contributed by atoms with Gasteiger partial charge in [0.1, 0.15) is 0 Å². The molecule has 2 amide bonds. The Bertz CT molecular complexity index is 579. The zero-order valence-electron chi connectivity index (χ0n) is 6.59. The van der Waals surface area contributed by atoms with E-state index in [1.54, 1.807) is 7.05 Å². The van der Waals surface area contributed by atoms with Gasteiger partial charge in [-0.1, -0.05) is 0 Å². The topological polar surface area (TPSA) is 96.6 Å². The predicted molar refractivity (Wildman–Crippen MR) is 42.5 cm³/mol. The summed E-state index contributed by atoms with van der Waals surface area (Å²) in [5.41, 5.74) is -0.00116. The molecule has 2 heterocycles. The highest BCUT2D eigenvalue weighted by Crippen LogP contribution is 1.93. The molecular formula is C5H6N4O3S. The van der Waals surface area contributed by atoms with Crippen LogP contribution in [0.5, 0.6) is 0 Å². The van der Waals surface area contributed by atoms with Gasteiger partial charge in [-0.15, -0.1) is 0 Å². The highest BCUT2D eigenvalue weighted by molar-refractivity contribution is 7.88. The van der Waals surface area contributed by atoms with Crippen LogP contribution in [0.4, 0.5) is 4.79 Å². The fourth-order valence-electron chi connectivity index (χ4n) is 1.09. The molecule has 1 aromatic rings. The Kier molecular flexibility index (Phi) is 1.45. The molecule has 1 unspecified atom stereocenters. The van der Waals surface area contributed by atoms with Gasteiger partial charge in [0.2, 0.25) is 0 Å². The Balaban J connectivity index is 3.14. The molecule has 7 nitrogen and oxygen atoms in total. The van der Waals surface area contributed by atoms with Crippen LogP contribution in [0.25, 0.3) is 0 Å². The summed E-state index contributed by atoms with van der Waals surface area (Å²) >= 11 is 0. The van der Waals surface area contributed by atoms with Gasteiger partial charge >= 0.3 is 6.03 Å². The van der Waals surface area contributed by atoms with Crippen molar-refractivity contribution in [1.29, 1.82) is 0 Å². The van der Waals surface area contributed by atoms with Gasteiger partial charge in [0, 0.05) is 7.05 Å². The van der Waals surface area contributed by atoms with Gasteiger partial charge in [-0.3, -0.25) is 4.55 Å². The molecule has 1 atom stereocenters. The number of rotatable bonds is 0. The van der Waals surface area contributed by atoms with Gasteiger partial charge < -0.3 is 4.57 Å². The van der Waals surface area contributed by atoms with Crippen LogP contribution in [0.2, 0.25) is 0 Å². The monoisotopic (exact) mass is 202 g/mol. The van der Waals surface area contributed by atoms with E-state index in [0.717, 1.165) is 0 Å². The smallest absolute Gasteiger partial charge is 0.322 e. The standard InChI is InChI=1S/C5H6N4O3S/c1-9-2-6-3-4(9)13(11,12)8-5(10)7-3/h2H,1H3,(H2,7,8,10,11,12). The maximum Gasteiger partial charge on any atom is 0.356 e. The zero-order valence-corrected chi connectivity index (χ0v) is 7.41. The number of fused-ring (bicyclic) bond motifs is 1. The van der Waals surface area contributed by atoms with Crippen molar-refractivity contribution in [2.75, 3.05) is 0 Å². The maximum absolute atomic E-state index is 11.4.